The molecule has 12 heteroatoms. The van der Waals surface area contributed by atoms with Crippen LogP contribution >= 0.6 is 11.3 Å². The number of hydrogen-bond acceptors (Lipinski definition) is 10. The number of rotatable bonds is 6. The monoisotopic (exact) mass is 418 g/mol. The van der Waals surface area contributed by atoms with Crippen molar-refractivity contribution >= 4 is 28.1 Å². The quantitative estimate of drug-likeness (QED) is 0.537. The van der Waals surface area contributed by atoms with Crippen LogP contribution in [-0.4, -0.2) is 50.2 Å². The average molecular weight is 418 g/mol. The smallest absolute Gasteiger partial charge is 0.381 e. The highest BCUT2D eigenvalue weighted by molar-refractivity contribution is 7.17. The molecule has 0 bridgehead atoms. The Balaban J connectivity index is 1.55. The van der Waals surface area contributed by atoms with Gasteiger partial charge in [0.05, 0.1) is 24.9 Å². The third-order valence-electron chi connectivity index (χ3n) is 4.56. The molecule has 3 aromatic heterocycles. The van der Waals surface area contributed by atoms with Crippen molar-refractivity contribution in [1.29, 1.82) is 0 Å². The number of methoxy groups -OCH3 is 1. The van der Waals surface area contributed by atoms with Crippen LogP contribution in [0.3, 0.4) is 0 Å². The lowest BCUT2D eigenvalue weighted by Gasteiger charge is -2.34. The zero-order chi connectivity index (χ0) is 20.5. The SMILES string of the molecule is COc1c(N[C@H]2CC[C@H]2O)cc(C(=O)Nc2nnc(-n3nccc3C)s2)oc1=O. The van der Waals surface area contributed by atoms with E-state index in [-0.39, 0.29) is 28.4 Å². The molecule has 0 aromatic carbocycles. The number of carbonyl (C=O) groups is 1. The first-order valence-corrected chi connectivity index (χ1v) is 9.60. The van der Waals surface area contributed by atoms with Gasteiger partial charge in [0.15, 0.2) is 5.76 Å². The van der Waals surface area contributed by atoms with Gasteiger partial charge in [-0.1, -0.05) is 11.3 Å². The molecule has 1 aliphatic rings. The van der Waals surface area contributed by atoms with Crippen molar-refractivity contribution in [3.63, 3.8) is 0 Å². The van der Waals surface area contributed by atoms with E-state index >= 15 is 0 Å². The van der Waals surface area contributed by atoms with Crippen LogP contribution in [0.15, 0.2) is 27.5 Å². The van der Waals surface area contributed by atoms with Crippen LogP contribution < -0.4 is 21.0 Å². The van der Waals surface area contributed by atoms with Crippen LogP contribution in [-0.2, 0) is 0 Å². The lowest BCUT2D eigenvalue weighted by Crippen LogP contribution is -2.43. The van der Waals surface area contributed by atoms with E-state index in [4.69, 9.17) is 9.15 Å². The minimum absolute atomic E-state index is 0.0620. The number of aliphatic hydroxyl groups is 1. The molecule has 1 fully saturated rings. The van der Waals surface area contributed by atoms with Gasteiger partial charge in [0.2, 0.25) is 16.0 Å². The Morgan fingerprint density at radius 2 is 2.24 bits per heavy atom. The number of ether oxygens (including phenoxy) is 1. The summed E-state index contributed by atoms with van der Waals surface area (Å²) in [6.07, 6.45) is 2.53. The Bertz CT molecular complexity index is 1110. The average Bonchev–Trinajstić information content (AvgIpc) is 3.33. The molecule has 4 rings (SSSR count). The molecule has 152 valence electrons. The summed E-state index contributed by atoms with van der Waals surface area (Å²) in [6, 6.07) is 2.96. The van der Waals surface area contributed by atoms with E-state index in [0.29, 0.717) is 11.6 Å². The molecule has 2 atom stereocenters. The Kier molecular flexibility index (Phi) is 5.03. The fourth-order valence-corrected chi connectivity index (χ4v) is 3.58. The highest BCUT2D eigenvalue weighted by atomic mass is 32.1. The lowest BCUT2D eigenvalue weighted by molar-refractivity contribution is 0.0784. The fraction of sp³-hybridized carbons (Fsp3) is 0.353. The second-order valence-electron chi connectivity index (χ2n) is 6.47. The summed E-state index contributed by atoms with van der Waals surface area (Å²) in [5.74, 6) is -0.950. The van der Waals surface area contributed by atoms with Crippen molar-refractivity contribution in [1.82, 2.24) is 20.0 Å². The first-order chi connectivity index (χ1) is 14.0. The lowest BCUT2D eigenvalue weighted by atomic mass is 9.89. The zero-order valence-corrected chi connectivity index (χ0v) is 16.4. The van der Waals surface area contributed by atoms with E-state index in [0.717, 1.165) is 23.5 Å². The second-order valence-corrected chi connectivity index (χ2v) is 7.42. The number of anilines is 2. The number of aryl methyl sites for hydroxylation is 1. The van der Waals surface area contributed by atoms with Crippen LogP contribution in [0.25, 0.3) is 5.13 Å². The van der Waals surface area contributed by atoms with Crippen LogP contribution in [0.1, 0.15) is 29.1 Å². The van der Waals surface area contributed by atoms with Crippen LogP contribution in [0.4, 0.5) is 10.8 Å². The number of aromatic nitrogens is 4. The summed E-state index contributed by atoms with van der Waals surface area (Å²) in [5.41, 5.74) is 0.346. The Labute approximate surface area is 168 Å². The standard InChI is InChI=1S/C17H18N6O5S/c1-8-5-6-18-23(8)17-22-21-16(29-17)20-14(25)12-7-10(13(27-2)15(26)28-12)19-9-3-4-11(9)24/h5-7,9,11,19,24H,3-4H2,1-2H3,(H,20,21,25)/t9-,11+/m0/s1. The number of amides is 1. The maximum atomic E-state index is 12.6. The Morgan fingerprint density at radius 1 is 1.41 bits per heavy atom. The van der Waals surface area contributed by atoms with Gasteiger partial charge in [-0.25, -0.2) is 9.48 Å². The number of hydrogen-bond donors (Lipinski definition) is 3. The maximum absolute atomic E-state index is 12.6. The van der Waals surface area contributed by atoms with Gasteiger partial charge in [-0.05, 0) is 25.8 Å². The number of carbonyl (C=O) groups excluding carboxylic acids is 1. The van der Waals surface area contributed by atoms with E-state index in [9.17, 15) is 14.7 Å². The van der Waals surface area contributed by atoms with Gasteiger partial charge in [0, 0.05) is 18.0 Å². The topological polar surface area (TPSA) is 144 Å². The molecule has 0 saturated heterocycles. The summed E-state index contributed by atoms with van der Waals surface area (Å²) >= 11 is 1.12. The van der Waals surface area contributed by atoms with E-state index in [1.165, 1.54) is 13.2 Å². The molecule has 29 heavy (non-hydrogen) atoms. The van der Waals surface area contributed by atoms with Gasteiger partial charge in [0.1, 0.15) is 0 Å². The van der Waals surface area contributed by atoms with Gasteiger partial charge in [-0.2, -0.15) is 5.10 Å². The van der Waals surface area contributed by atoms with Crippen LogP contribution in [0.2, 0.25) is 0 Å². The third-order valence-corrected chi connectivity index (χ3v) is 5.38. The maximum Gasteiger partial charge on any atom is 0.381 e. The number of nitrogens with one attached hydrogen (secondary N) is 2. The summed E-state index contributed by atoms with van der Waals surface area (Å²) < 4.78 is 11.7. The van der Waals surface area contributed by atoms with Crippen molar-refractivity contribution in [2.24, 2.45) is 0 Å². The second kappa shape index (κ2) is 7.64. The van der Waals surface area contributed by atoms with Gasteiger partial charge in [-0.3, -0.25) is 10.1 Å². The van der Waals surface area contributed by atoms with Crippen molar-refractivity contribution in [2.75, 3.05) is 17.7 Å². The molecular weight excluding hydrogens is 400 g/mol. The molecule has 11 nitrogen and oxygen atoms in total. The van der Waals surface area contributed by atoms with Gasteiger partial charge < -0.3 is 19.6 Å². The van der Waals surface area contributed by atoms with Crippen molar-refractivity contribution in [3.8, 4) is 10.9 Å². The first kappa shape index (κ1) is 19.1. The largest absolute Gasteiger partial charge is 0.488 e. The van der Waals surface area contributed by atoms with Gasteiger partial charge in [0.25, 0.3) is 5.91 Å². The van der Waals surface area contributed by atoms with E-state index < -0.39 is 17.6 Å². The molecular formula is C17H18N6O5S. The molecule has 0 radical (unpaired) electrons. The Hall–Kier alpha value is -3.25. The predicted octanol–water partition coefficient (Wildman–Crippen LogP) is 1.18. The number of nitrogens with zero attached hydrogens (tertiary/aromatic N) is 4. The Morgan fingerprint density at radius 3 is 2.86 bits per heavy atom. The molecule has 3 N–H and O–H groups in total. The highest BCUT2D eigenvalue weighted by Crippen LogP contribution is 2.29. The first-order valence-electron chi connectivity index (χ1n) is 8.79. The van der Waals surface area contributed by atoms with E-state index in [2.05, 4.69) is 25.9 Å². The van der Waals surface area contributed by atoms with E-state index in [1.54, 1.807) is 10.9 Å². The van der Waals surface area contributed by atoms with Gasteiger partial charge >= 0.3 is 5.63 Å². The minimum atomic E-state index is -0.804. The summed E-state index contributed by atoms with van der Waals surface area (Å²) in [6.45, 7) is 1.87. The van der Waals surface area contributed by atoms with E-state index in [1.807, 2.05) is 13.0 Å². The summed E-state index contributed by atoms with van der Waals surface area (Å²) in [7, 11) is 1.33. The van der Waals surface area contributed by atoms with Crippen LogP contribution in [0, 0.1) is 6.92 Å². The molecule has 3 heterocycles. The highest BCUT2D eigenvalue weighted by Gasteiger charge is 2.30. The van der Waals surface area contributed by atoms with Gasteiger partial charge in [-0.15, -0.1) is 10.2 Å². The zero-order valence-electron chi connectivity index (χ0n) is 15.6. The molecule has 1 saturated carbocycles. The third kappa shape index (κ3) is 3.71. The molecule has 3 aromatic rings. The molecule has 0 unspecified atom stereocenters. The molecule has 1 aliphatic carbocycles. The molecule has 0 aliphatic heterocycles. The fourth-order valence-electron chi connectivity index (χ4n) is 2.83. The normalized spacial score (nSPS) is 18.2. The van der Waals surface area contributed by atoms with Crippen molar-refractivity contribution in [2.45, 2.75) is 31.9 Å². The summed E-state index contributed by atoms with van der Waals surface area (Å²) in [5, 5.41) is 28.1. The summed E-state index contributed by atoms with van der Waals surface area (Å²) in [4.78, 5) is 24.8. The van der Waals surface area contributed by atoms with Crippen molar-refractivity contribution in [3.05, 3.63) is 40.2 Å². The predicted molar refractivity (Wildman–Crippen MR) is 104 cm³/mol. The minimum Gasteiger partial charge on any atom is -0.488 e. The number of aliphatic hydroxyl groups excluding tert-OH is 1. The van der Waals surface area contributed by atoms with Crippen LogP contribution in [0.5, 0.6) is 5.75 Å². The molecule has 1 amide bonds. The van der Waals surface area contributed by atoms with Crippen molar-refractivity contribution < 1.29 is 19.1 Å². The molecule has 0 spiro atoms.